The molecule has 2 unspecified atom stereocenters. The van der Waals surface area contributed by atoms with Crippen molar-refractivity contribution < 1.29 is 40.9 Å². The highest BCUT2D eigenvalue weighted by molar-refractivity contribution is 5.36. The van der Waals surface area contributed by atoms with Gasteiger partial charge in [-0.2, -0.15) is 0 Å². The van der Waals surface area contributed by atoms with Crippen molar-refractivity contribution in [2.24, 2.45) is 0 Å². The molecule has 164 valence electrons. The minimum absolute atomic E-state index is 0. The molecule has 4 atom stereocenters. The molecule has 4 rings (SSSR count). The van der Waals surface area contributed by atoms with Gasteiger partial charge in [-0.1, -0.05) is 0 Å². The van der Waals surface area contributed by atoms with E-state index >= 15 is 0 Å². The summed E-state index contributed by atoms with van der Waals surface area (Å²) in [5, 5.41) is 23.9. The normalized spacial score (nSPS) is 21.9. The molecule has 2 aliphatic rings. The molecular weight excluding hydrogens is 416 g/mol. The predicted octanol–water partition coefficient (Wildman–Crippen LogP) is -0.632. The summed E-state index contributed by atoms with van der Waals surface area (Å²) >= 11 is 0. The molecule has 0 bridgehead atoms. The summed E-state index contributed by atoms with van der Waals surface area (Å²) < 4.78 is 38.2. The van der Waals surface area contributed by atoms with E-state index in [-0.39, 0.29) is 49.3 Å². The molecule has 0 aliphatic carbocycles. The van der Waals surface area contributed by atoms with Crippen molar-refractivity contribution in [1.29, 1.82) is 0 Å². The number of hydrogen-bond acceptors (Lipinski definition) is 5. The molecule has 0 saturated carbocycles. The van der Waals surface area contributed by atoms with Crippen LogP contribution in [0.1, 0.15) is 24.0 Å². The molecule has 0 amide bonds. The first-order valence-corrected chi connectivity index (χ1v) is 9.96. The quantitative estimate of drug-likeness (QED) is 0.558. The summed E-state index contributed by atoms with van der Waals surface area (Å²) in [4.78, 5) is 0. The van der Waals surface area contributed by atoms with Gasteiger partial charge in [0.25, 0.3) is 0 Å². The number of halogens is 3. The summed E-state index contributed by atoms with van der Waals surface area (Å²) in [7, 11) is 0. The first-order valence-electron chi connectivity index (χ1n) is 9.96. The molecule has 0 aromatic heterocycles. The Morgan fingerprint density at radius 1 is 0.833 bits per heavy atom. The zero-order valence-corrected chi connectivity index (χ0v) is 17.1. The molecule has 3 N–H and O–H groups in total. The van der Waals surface area contributed by atoms with E-state index in [0.29, 0.717) is 37.2 Å². The van der Waals surface area contributed by atoms with Crippen molar-refractivity contribution in [3.05, 3.63) is 59.2 Å². The Labute approximate surface area is 180 Å². The van der Waals surface area contributed by atoms with Crippen molar-refractivity contribution in [2.75, 3.05) is 13.1 Å². The monoisotopic (exact) mass is 440 g/mol. The van der Waals surface area contributed by atoms with Crippen LogP contribution in [0.15, 0.2) is 36.4 Å². The van der Waals surface area contributed by atoms with E-state index in [4.69, 9.17) is 9.47 Å². The van der Waals surface area contributed by atoms with Gasteiger partial charge in [0.1, 0.15) is 47.5 Å². The first kappa shape index (κ1) is 22.7. The van der Waals surface area contributed by atoms with Crippen molar-refractivity contribution >= 4 is 0 Å². The molecule has 0 fully saturated rings. The second-order valence-corrected chi connectivity index (χ2v) is 7.69. The molecule has 8 heteroatoms. The molecule has 30 heavy (non-hydrogen) atoms. The van der Waals surface area contributed by atoms with E-state index in [9.17, 15) is 19.0 Å². The standard InChI is InChI=1S/C22H25F2NO4.ClH/c23-15-3-7-19-13(9-15)1-5-21(28-19)17(26)11-25-12-18(27)22-6-2-14-10-16(24)4-8-20(14)29-22;/h3-4,7-10,17-18,21-22,25-27H,1-2,5-6,11-12H2;1H/p-1/t17?,18?,21-,22+;. The van der Waals surface area contributed by atoms with Crippen LogP contribution in [0.5, 0.6) is 11.5 Å². The fourth-order valence-electron chi connectivity index (χ4n) is 3.94. The summed E-state index contributed by atoms with van der Waals surface area (Å²) in [5.74, 6) is 0.624. The largest absolute Gasteiger partial charge is 1.00 e. The van der Waals surface area contributed by atoms with Crippen LogP contribution in [-0.4, -0.2) is 47.7 Å². The van der Waals surface area contributed by atoms with Crippen molar-refractivity contribution in [3.63, 3.8) is 0 Å². The second-order valence-electron chi connectivity index (χ2n) is 7.69. The van der Waals surface area contributed by atoms with Gasteiger partial charge < -0.3 is 37.4 Å². The third-order valence-electron chi connectivity index (χ3n) is 5.56. The third kappa shape index (κ3) is 5.21. The second kappa shape index (κ2) is 9.92. The molecule has 0 spiro atoms. The highest BCUT2D eigenvalue weighted by atomic mass is 35.5. The predicted molar refractivity (Wildman–Crippen MR) is 103 cm³/mol. The van der Waals surface area contributed by atoms with Crippen molar-refractivity contribution in [2.45, 2.75) is 50.1 Å². The van der Waals surface area contributed by atoms with Gasteiger partial charge >= 0.3 is 0 Å². The number of ether oxygens (including phenoxy) is 2. The lowest BCUT2D eigenvalue weighted by Gasteiger charge is -2.31. The lowest BCUT2D eigenvalue weighted by atomic mass is 9.98. The number of fused-ring (bicyclic) bond motifs is 2. The Bertz CT molecular complexity index is 800. The molecule has 0 radical (unpaired) electrons. The molecule has 2 aromatic rings. The maximum absolute atomic E-state index is 13.3. The van der Waals surface area contributed by atoms with Gasteiger partial charge in [-0.05, 0) is 73.2 Å². The smallest absolute Gasteiger partial charge is 0.126 e. The Hall–Kier alpha value is -1.93. The average Bonchev–Trinajstić information content (AvgIpc) is 2.72. The fourth-order valence-corrected chi connectivity index (χ4v) is 3.94. The Morgan fingerprint density at radius 3 is 1.70 bits per heavy atom. The van der Waals surface area contributed by atoms with Gasteiger partial charge in [-0.15, -0.1) is 0 Å². The van der Waals surface area contributed by atoms with E-state index in [1.54, 1.807) is 12.1 Å². The van der Waals surface area contributed by atoms with Crippen LogP contribution in [0.3, 0.4) is 0 Å². The van der Waals surface area contributed by atoms with E-state index in [2.05, 4.69) is 5.32 Å². The Kier molecular flexibility index (Phi) is 7.52. The van der Waals surface area contributed by atoms with Gasteiger partial charge in [-0.25, -0.2) is 8.78 Å². The maximum atomic E-state index is 13.3. The van der Waals surface area contributed by atoms with Crippen LogP contribution in [0, 0.1) is 11.6 Å². The Morgan fingerprint density at radius 2 is 1.27 bits per heavy atom. The Balaban J connectivity index is 0.00000256. The summed E-state index contributed by atoms with van der Waals surface area (Å²) in [6.45, 7) is 0.513. The number of rotatable bonds is 6. The number of aliphatic hydroxyl groups is 2. The number of benzene rings is 2. The lowest BCUT2D eigenvalue weighted by Crippen LogP contribution is -3.00. The number of aryl methyl sites for hydroxylation is 2. The minimum atomic E-state index is -0.753. The van der Waals surface area contributed by atoms with Crippen LogP contribution in [0.2, 0.25) is 0 Å². The topological polar surface area (TPSA) is 71.0 Å². The van der Waals surface area contributed by atoms with E-state index < -0.39 is 12.2 Å². The minimum Gasteiger partial charge on any atom is -1.00 e. The van der Waals surface area contributed by atoms with Crippen LogP contribution in [0.4, 0.5) is 8.78 Å². The van der Waals surface area contributed by atoms with Crippen LogP contribution < -0.4 is 27.2 Å². The highest BCUT2D eigenvalue weighted by Crippen LogP contribution is 2.30. The molecule has 2 heterocycles. The molecule has 2 aromatic carbocycles. The van der Waals surface area contributed by atoms with Gasteiger partial charge in [0, 0.05) is 13.1 Å². The molecular formula is C22H25ClF2NO4-. The number of hydrogen-bond donors (Lipinski definition) is 3. The third-order valence-corrected chi connectivity index (χ3v) is 5.56. The number of aliphatic hydroxyl groups excluding tert-OH is 2. The molecule has 5 nitrogen and oxygen atoms in total. The van der Waals surface area contributed by atoms with Gasteiger partial charge in [0.05, 0.1) is 0 Å². The van der Waals surface area contributed by atoms with Crippen molar-refractivity contribution in [3.8, 4) is 11.5 Å². The van der Waals surface area contributed by atoms with Crippen LogP contribution in [0.25, 0.3) is 0 Å². The first-order chi connectivity index (χ1) is 14.0. The summed E-state index contributed by atoms with van der Waals surface area (Å²) in [5.41, 5.74) is 1.62. The molecule has 2 aliphatic heterocycles. The SMILES string of the molecule is OC(CNCC(O)[C@H]1CCc2cc(F)ccc2O1)[C@@H]1CCc2cc(F)ccc2O1.[Cl-]. The van der Waals surface area contributed by atoms with Crippen molar-refractivity contribution in [1.82, 2.24) is 5.32 Å². The summed E-state index contributed by atoms with van der Waals surface area (Å²) in [6.07, 6.45) is 0.214. The zero-order chi connectivity index (χ0) is 20.4. The maximum Gasteiger partial charge on any atom is 0.126 e. The zero-order valence-electron chi connectivity index (χ0n) is 16.4. The lowest BCUT2D eigenvalue weighted by molar-refractivity contribution is -0.0000135. The van der Waals surface area contributed by atoms with Gasteiger partial charge in [0.15, 0.2) is 0 Å². The van der Waals surface area contributed by atoms with Gasteiger partial charge in [0.2, 0.25) is 0 Å². The van der Waals surface area contributed by atoms with Crippen LogP contribution in [-0.2, 0) is 12.8 Å². The van der Waals surface area contributed by atoms with E-state index in [1.807, 2.05) is 0 Å². The average molecular weight is 441 g/mol. The van der Waals surface area contributed by atoms with Crippen LogP contribution >= 0.6 is 0 Å². The van der Waals surface area contributed by atoms with E-state index in [1.165, 1.54) is 24.3 Å². The highest BCUT2D eigenvalue weighted by Gasteiger charge is 2.29. The number of nitrogens with one attached hydrogen (secondary N) is 1. The fraction of sp³-hybridized carbons (Fsp3) is 0.455. The molecule has 0 saturated heterocycles. The van der Waals surface area contributed by atoms with E-state index in [0.717, 1.165) is 11.1 Å². The van der Waals surface area contributed by atoms with Gasteiger partial charge in [-0.3, -0.25) is 0 Å². The summed E-state index contributed by atoms with van der Waals surface area (Å²) in [6, 6.07) is 8.79.